The second-order valence-electron chi connectivity index (χ2n) is 6.74. The standard InChI is InChI=1S/C16H21N5O3/c1-10-14(24-9-17-10)15(22)18-12-4-5-13-19-21(8-11-2-3-11)16(23)20(13)7-6-12/h9,11-12H,2-8H2,1H3,(H,18,22). The molecule has 2 aromatic rings. The lowest BCUT2D eigenvalue weighted by molar-refractivity contribution is 0.0904. The number of nitrogens with zero attached hydrogens (tertiary/aromatic N) is 4. The summed E-state index contributed by atoms with van der Waals surface area (Å²) in [6.07, 6.45) is 5.83. The maximum Gasteiger partial charge on any atom is 0.345 e. The smallest absolute Gasteiger partial charge is 0.345 e. The highest BCUT2D eigenvalue weighted by Gasteiger charge is 2.27. The molecular weight excluding hydrogens is 310 g/mol. The van der Waals surface area contributed by atoms with E-state index in [1.165, 1.54) is 19.2 Å². The quantitative estimate of drug-likeness (QED) is 0.897. The Bertz CT molecular complexity index is 814. The number of aryl methyl sites for hydroxylation is 2. The Labute approximate surface area is 138 Å². The molecule has 2 aromatic heterocycles. The van der Waals surface area contributed by atoms with Crippen LogP contribution in [0.5, 0.6) is 0 Å². The number of carbonyl (C=O) groups is 1. The van der Waals surface area contributed by atoms with Crippen LogP contribution in [0.25, 0.3) is 0 Å². The lowest BCUT2D eigenvalue weighted by atomic mass is 10.1. The molecule has 24 heavy (non-hydrogen) atoms. The van der Waals surface area contributed by atoms with Gasteiger partial charge in [0.05, 0.1) is 5.69 Å². The van der Waals surface area contributed by atoms with Gasteiger partial charge in [0.15, 0.2) is 6.39 Å². The van der Waals surface area contributed by atoms with Crippen molar-refractivity contribution in [2.24, 2.45) is 5.92 Å². The fourth-order valence-corrected chi connectivity index (χ4v) is 3.21. The van der Waals surface area contributed by atoms with E-state index in [0.717, 1.165) is 18.8 Å². The first-order chi connectivity index (χ1) is 11.6. The Morgan fingerprint density at radius 3 is 2.92 bits per heavy atom. The molecule has 0 bridgehead atoms. The molecule has 1 unspecified atom stereocenters. The predicted molar refractivity (Wildman–Crippen MR) is 84.6 cm³/mol. The van der Waals surface area contributed by atoms with Crippen LogP contribution in [0, 0.1) is 12.8 Å². The number of oxazole rings is 1. The monoisotopic (exact) mass is 331 g/mol. The molecule has 0 spiro atoms. The van der Waals surface area contributed by atoms with Crippen molar-refractivity contribution in [3.05, 3.63) is 34.2 Å². The molecule has 0 saturated heterocycles. The second kappa shape index (κ2) is 5.92. The van der Waals surface area contributed by atoms with Gasteiger partial charge in [-0.3, -0.25) is 9.36 Å². The van der Waals surface area contributed by atoms with Crippen molar-refractivity contribution in [1.29, 1.82) is 0 Å². The van der Waals surface area contributed by atoms with Crippen molar-refractivity contribution in [1.82, 2.24) is 24.6 Å². The molecule has 3 heterocycles. The first-order valence-electron chi connectivity index (χ1n) is 8.49. The number of fused-ring (bicyclic) bond motifs is 1. The van der Waals surface area contributed by atoms with E-state index in [0.29, 0.717) is 31.0 Å². The van der Waals surface area contributed by atoms with Crippen molar-refractivity contribution in [2.75, 3.05) is 0 Å². The number of carbonyl (C=O) groups excluding carboxylic acids is 1. The van der Waals surface area contributed by atoms with Gasteiger partial charge in [0.1, 0.15) is 5.82 Å². The Kier molecular flexibility index (Phi) is 3.74. The molecule has 128 valence electrons. The van der Waals surface area contributed by atoms with Gasteiger partial charge in [0.2, 0.25) is 5.76 Å². The Morgan fingerprint density at radius 1 is 1.38 bits per heavy atom. The van der Waals surface area contributed by atoms with E-state index in [4.69, 9.17) is 4.42 Å². The Hall–Kier alpha value is -2.38. The van der Waals surface area contributed by atoms with Gasteiger partial charge in [-0.1, -0.05) is 0 Å². The van der Waals surface area contributed by atoms with Gasteiger partial charge in [-0.05, 0) is 38.5 Å². The lowest BCUT2D eigenvalue weighted by Gasteiger charge is -2.15. The summed E-state index contributed by atoms with van der Waals surface area (Å²) in [7, 11) is 0. The summed E-state index contributed by atoms with van der Waals surface area (Å²) in [5.74, 6) is 1.46. The Morgan fingerprint density at radius 2 is 2.21 bits per heavy atom. The molecule has 1 saturated carbocycles. The largest absolute Gasteiger partial charge is 0.438 e. The minimum Gasteiger partial charge on any atom is -0.438 e. The molecule has 1 aliphatic carbocycles. The maximum absolute atomic E-state index is 12.4. The molecule has 1 aliphatic heterocycles. The van der Waals surface area contributed by atoms with Crippen LogP contribution in [0.1, 0.15) is 47.8 Å². The summed E-state index contributed by atoms with van der Waals surface area (Å²) >= 11 is 0. The van der Waals surface area contributed by atoms with E-state index in [1.807, 2.05) is 0 Å². The van der Waals surface area contributed by atoms with Crippen molar-refractivity contribution >= 4 is 5.91 Å². The summed E-state index contributed by atoms with van der Waals surface area (Å²) in [5.41, 5.74) is 0.562. The van der Waals surface area contributed by atoms with Gasteiger partial charge in [0.25, 0.3) is 5.91 Å². The first kappa shape index (κ1) is 15.2. The van der Waals surface area contributed by atoms with E-state index < -0.39 is 0 Å². The van der Waals surface area contributed by atoms with Crippen LogP contribution >= 0.6 is 0 Å². The SMILES string of the molecule is Cc1ncoc1C(=O)NC1CCc2nn(CC3CC3)c(=O)n2CC1. The van der Waals surface area contributed by atoms with Crippen molar-refractivity contribution in [2.45, 2.75) is 58.2 Å². The van der Waals surface area contributed by atoms with E-state index in [2.05, 4.69) is 15.4 Å². The van der Waals surface area contributed by atoms with Crippen LogP contribution in [-0.4, -0.2) is 31.3 Å². The van der Waals surface area contributed by atoms with Crippen LogP contribution in [0.3, 0.4) is 0 Å². The normalized spacial score (nSPS) is 20.5. The summed E-state index contributed by atoms with van der Waals surface area (Å²) in [5, 5.41) is 7.47. The topological polar surface area (TPSA) is 95.0 Å². The molecule has 0 aromatic carbocycles. The zero-order valence-corrected chi connectivity index (χ0v) is 13.7. The molecule has 8 heteroatoms. The van der Waals surface area contributed by atoms with Crippen LogP contribution < -0.4 is 11.0 Å². The highest BCUT2D eigenvalue weighted by Crippen LogP contribution is 2.30. The summed E-state index contributed by atoms with van der Waals surface area (Å²) < 4.78 is 8.50. The zero-order valence-electron chi connectivity index (χ0n) is 13.7. The minimum absolute atomic E-state index is 0.0000166. The zero-order chi connectivity index (χ0) is 16.7. The molecule has 1 amide bonds. The van der Waals surface area contributed by atoms with Gasteiger partial charge in [-0.25, -0.2) is 14.5 Å². The summed E-state index contributed by atoms with van der Waals surface area (Å²) in [6.45, 7) is 3.06. The number of hydrogen-bond acceptors (Lipinski definition) is 5. The van der Waals surface area contributed by atoms with Gasteiger partial charge in [-0.15, -0.1) is 0 Å². The van der Waals surface area contributed by atoms with Crippen LogP contribution in [0.4, 0.5) is 0 Å². The lowest BCUT2D eigenvalue weighted by Crippen LogP contribution is -2.36. The highest BCUT2D eigenvalue weighted by molar-refractivity contribution is 5.92. The van der Waals surface area contributed by atoms with Crippen LogP contribution in [0.15, 0.2) is 15.6 Å². The molecule has 2 aliphatic rings. The van der Waals surface area contributed by atoms with Crippen LogP contribution in [0.2, 0.25) is 0 Å². The third-order valence-electron chi connectivity index (χ3n) is 4.83. The van der Waals surface area contributed by atoms with Gasteiger partial charge in [-0.2, -0.15) is 5.10 Å². The number of nitrogens with one attached hydrogen (secondary N) is 1. The molecule has 8 nitrogen and oxygen atoms in total. The molecule has 4 rings (SSSR count). The average Bonchev–Trinajstić information content (AvgIpc) is 3.24. The molecular formula is C16H21N5O3. The van der Waals surface area contributed by atoms with Gasteiger partial charge >= 0.3 is 5.69 Å². The predicted octanol–water partition coefficient (Wildman–Crippen LogP) is 0.886. The third-order valence-corrected chi connectivity index (χ3v) is 4.83. The number of rotatable bonds is 4. The molecule has 0 radical (unpaired) electrons. The molecule has 1 atom stereocenters. The summed E-state index contributed by atoms with van der Waals surface area (Å²) in [4.78, 5) is 28.6. The van der Waals surface area contributed by atoms with Crippen molar-refractivity contribution in [3.63, 3.8) is 0 Å². The van der Waals surface area contributed by atoms with Crippen LogP contribution in [-0.2, 0) is 19.5 Å². The van der Waals surface area contributed by atoms with Gasteiger partial charge in [0, 0.05) is 25.6 Å². The first-order valence-corrected chi connectivity index (χ1v) is 8.49. The fourth-order valence-electron chi connectivity index (χ4n) is 3.21. The number of aromatic nitrogens is 4. The van der Waals surface area contributed by atoms with E-state index >= 15 is 0 Å². The second-order valence-corrected chi connectivity index (χ2v) is 6.74. The molecule has 1 fully saturated rings. The number of amides is 1. The van der Waals surface area contributed by atoms with E-state index in [9.17, 15) is 9.59 Å². The van der Waals surface area contributed by atoms with Crippen molar-refractivity contribution < 1.29 is 9.21 Å². The van der Waals surface area contributed by atoms with Gasteiger partial charge < -0.3 is 9.73 Å². The Balaban J connectivity index is 1.42. The summed E-state index contributed by atoms with van der Waals surface area (Å²) in [6, 6.07) is -0.0000166. The highest BCUT2D eigenvalue weighted by atomic mass is 16.3. The number of hydrogen-bond donors (Lipinski definition) is 1. The molecule has 1 N–H and O–H groups in total. The van der Waals surface area contributed by atoms with E-state index in [-0.39, 0.29) is 23.4 Å². The average molecular weight is 331 g/mol. The fraction of sp³-hybridized carbons (Fsp3) is 0.625. The third kappa shape index (κ3) is 2.88. The maximum atomic E-state index is 12.4. The van der Waals surface area contributed by atoms with Crippen molar-refractivity contribution in [3.8, 4) is 0 Å². The van der Waals surface area contributed by atoms with E-state index in [1.54, 1.807) is 16.2 Å². The minimum atomic E-state index is -0.249.